The molecular formula is C27H8F4N4. The molecule has 2 aliphatic carbocycles. The van der Waals surface area contributed by atoms with Crippen LogP contribution in [-0.2, 0) is 6.18 Å². The third-order valence-corrected chi connectivity index (χ3v) is 6.09. The summed E-state index contributed by atoms with van der Waals surface area (Å²) in [5, 5.41) is 38.2. The number of nitriles is 4. The number of halogens is 4. The van der Waals surface area contributed by atoms with E-state index in [4.69, 9.17) is 0 Å². The molecule has 0 amide bonds. The maximum Gasteiger partial charge on any atom is 0.416 e. The zero-order valence-electron chi connectivity index (χ0n) is 17.4. The van der Waals surface area contributed by atoms with Crippen molar-refractivity contribution in [2.24, 2.45) is 0 Å². The van der Waals surface area contributed by atoms with Crippen molar-refractivity contribution < 1.29 is 17.6 Å². The molecule has 0 saturated heterocycles. The Bertz CT molecular complexity index is 1700. The van der Waals surface area contributed by atoms with Gasteiger partial charge in [0.2, 0.25) is 0 Å². The molecule has 164 valence electrons. The average Bonchev–Trinajstić information content (AvgIpc) is 3.31. The fourth-order valence-electron chi connectivity index (χ4n) is 4.68. The molecule has 4 nitrogen and oxygen atoms in total. The third-order valence-electron chi connectivity index (χ3n) is 6.09. The van der Waals surface area contributed by atoms with Crippen molar-refractivity contribution in [1.29, 1.82) is 21.0 Å². The van der Waals surface area contributed by atoms with Gasteiger partial charge in [0.25, 0.3) is 0 Å². The SMILES string of the molecule is N#CC(C#N)=C1c2cc(F)ccc2-c2cc3c(cc21)C(=C(C#N)C#N)c1cc(C(F)(F)F)ccc1-3. The van der Waals surface area contributed by atoms with Gasteiger partial charge in [-0.2, -0.15) is 34.2 Å². The van der Waals surface area contributed by atoms with Crippen molar-refractivity contribution in [2.45, 2.75) is 6.18 Å². The first kappa shape index (κ1) is 21.7. The highest BCUT2D eigenvalue weighted by molar-refractivity contribution is 6.11. The van der Waals surface area contributed by atoms with Crippen LogP contribution >= 0.6 is 0 Å². The molecule has 0 heterocycles. The lowest BCUT2D eigenvalue weighted by Crippen LogP contribution is -2.05. The smallest absolute Gasteiger partial charge is 0.207 e. The molecule has 0 bridgehead atoms. The molecular weight excluding hydrogens is 456 g/mol. The van der Waals surface area contributed by atoms with Crippen molar-refractivity contribution in [3.8, 4) is 46.5 Å². The predicted octanol–water partition coefficient (Wildman–Crippen LogP) is 6.50. The third kappa shape index (κ3) is 3.02. The van der Waals surface area contributed by atoms with Crippen LogP contribution in [-0.4, -0.2) is 0 Å². The van der Waals surface area contributed by atoms with E-state index in [2.05, 4.69) is 0 Å². The molecule has 3 aromatic carbocycles. The topological polar surface area (TPSA) is 95.2 Å². The summed E-state index contributed by atoms with van der Waals surface area (Å²) in [6.07, 6.45) is -4.64. The number of rotatable bonds is 0. The number of hydrogen-bond donors (Lipinski definition) is 0. The van der Waals surface area contributed by atoms with Gasteiger partial charge in [0.05, 0.1) is 5.56 Å². The van der Waals surface area contributed by atoms with Gasteiger partial charge in [-0.25, -0.2) is 4.39 Å². The molecule has 0 atom stereocenters. The minimum atomic E-state index is -4.64. The van der Waals surface area contributed by atoms with Crippen molar-refractivity contribution in [3.63, 3.8) is 0 Å². The van der Waals surface area contributed by atoms with Crippen LogP contribution in [0.15, 0.2) is 59.7 Å². The van der Waals surface area contributed by atoms with Crippen LogP contribution < -0.4 is 0 Å². The summed E-state index contributed by atoms with van der Waals surface area (Å²) < 4.78 is 54.4. The molecule has 0 N–H and O–H groups in total. The first-order valence-corrected chi connectivity index (χ1v) is 10.0. The summed E-state index contributed by atoms with van der Waals surface area (Å²) in [5.74, 6) is -0.571. The number of hydrogen-bond acceptors (Lipinski definition) is 4. The summed E-state index contributed by atoms with van der Waals surface area (Å²) in [6, 6.07) is 17.4. The summed E-state index contributed by atoms with van der Waals surface area (Å²) >= 11 is 0. The van der Waals surface area contributed by atoms with E-state index in [-0.39, 0.29) is 27.9 Å². The van der Waals surface area contributed by atoms with Crippen LogP contribution in [0.5, 0.6) is 0 Å². The molecule has 2 aliphatic rings. The van der Waals surface area contributed by atoms with Gasteiger partial charge in [-0.3, -0.25) is 0 Å². The molecule has 0 aliphatic heterocycles. The quantitative estimate of drug-likeness (QED) is 0.193. The van der Waals surface area contributed by atoms with E-state index in [0.717, 1.165) is 12.1 Å². The molecule has 8 heteroatoms. The second kappa shape index (κ2) is 7.42. The molecule has 35 heavy (non-hydrogen) atoms. The number of nitrogens with zero attached hydrogens (tertiary/aromatic N) is 4. The van der Waals surface area contributed by atoms with Crippen molar-refractivity contribution in [3.05, 3.63) is 93.3 Å². The Morgan fingerprint density at radius 1 is 0.543 bits per heavy atom. The van der Waals surface area contributed by atoms with Gasteiger partial charge in [-0.05, 0) is 80.9 Å². The Kier molecular flexibility index (Phi) is 4.59. The van der Waals surface area contributed by atoms with Gasteiger partial charge in [0.15, 0.2) is 0 Å². The first-order chi connectivity index (χ1) is 16.7. The summed E-state index contributed by atoms with van der Waals surface area (Å²) in [5.41, 5.74) is 1.76. The lowest BCUT2D eigenvalue weighted by molar-refractivity contribution is -0.137. The highest BCUT2D eigenvalue weighted by Gasteiger charge is 2.36. The summed E-state index contributed by atoms with van der Waals surface area (Å²) in [7, 11) is 0. The maximum absolute atomic E-state index is 14.1. The van der Waals surface area contributed by atoms with Crippen LogP contribution in [0.1, 0.15) is 27.8 Å². The van der Waals surface area contributed by atoms with Crippen LogP contribution in [0, 0.1) is 51.1 Å². The zero-order valence-corrected chi connectivity index (χ0v) is 17.4. The molecule has 0 fully saturated rings. The summed E-state index contributed by atoms with van der Waals surface area (Å²) in [4.78, 5) is 0. The van der Waals surface area contributed by atoms with E-state index in [1.54, 1.807) is 24.3 Å². The van der Waals surface area contributed by atoms with Gasteiger partial charge in [0, 0.05) is 11.1 Å². The molecule has 0 spiro atoms. The number of alkyl halides is 3. The highest BCUT2D eigenvalue weighted by atomic mass is 19.4. The van der Waals surface area contributed by atoms with Gasteiger partial charge in [-0.1, -0.05) is 12.1 Å². The molecule has 0 saturated carbocycles. The second-order valence-corrected chi connectivity index (χ2v) is 7.84. The van der Waals surface area contributed by atoms with E-state index < -0.39 is 17.6 Å². The van der Waals surface area contributed by atoms with Gasteiger partial charge < -0.3 is 0 Å². The molecule has 5 rings (SSSR count). The molecule has 0 radical (unpaired) electrons. The van der Waals surface area contributed by atoms with Crippen molar-refractivity contribution in [2.75, 3.05) is 0 Å². The van der Waals surface area contributed by atoms with E-state index >= 15 is 0 Å². The Labute approximate surface area is 196 Å². The number of fused-ring (bicyclic) bond motifs is 6. The largest absolute Gasteiger partial charge is 0.416 e. The second-order valence-electron chi connectivity index (χ2n) is 7.84. The van der Waals surface area contributed by atoms with E-state index in [9.17, 15) is 38.6 Å². The maximum atomic E-state index is 14.1. The van der Waals surface area contributed by atoms with Crippen LogP contribution in [0.4, 0.5) is 17.6 Å². The van der Waals surface area contributed by atoms with Gasteiger partial charge in [0.1, 0.15) is 41.2 Å². The number of allylic oxidation sites excluding steroid dienone is 2. The fraction of sp³-hybridized carbons (Fsp3) is 0.0370. The Morgan fingerprint density at radius 2 is 0.971 bits per heavy atom. The van der Waals surface area contributed by atoms with Gasteiger partial charge in [-0.15, -0.1) is 0 Å². The highest BCUT2D eigenvalue weighted by Crippen LogP contribution is 2.54. The normalized spacial score (nSPS) is 12.3. The molecule has 3 aromatic rings. The van der Waals surface area contributed by atoms with Crippen LogP contribution in [0.2, 0.25) is 0 Å². The first-order valence-electron chi connectivity index (χ1n) is 10.0. The average molecular weight is 464 g/mol. The lowest BCUT2D eigenvalue weighted by atomic mass is 9.93. The van der Waals surface area contributed by atoms with Crippen LogP contribution in [0.25, 0.3) is 33.4 Å². The Hall–Kier alpha value is -5.18. The molecule has 0 unspecified atom stereocenters. The van der Waals surface area contributed by atoms with E-state index in [0.29, 0.717) is 38.9 Å². The Balaban J connectivity index is 1.91. The lowest BCUT2D eigenvalue weighted by Gasteiger charge is -2.09. The van der Waals surface area contributed by atoms with E-state index in [1.165, 1.54) is 24.3 Å². The van der Waals surface area contributed by atoms with Crippen molar-refractivity contribution >= 4 is 11.1 Å². The number of benzene rings is 3. The standard InChI is InChI=1S/C27H8F4N4/c28-16-2-4-18-20-7-19-17-3-1-15(27(29,30)31)5-21(17)25(13(9-32)10-33)23(19)8-24(20)26(22(18)6-16)14(11-34)12-35/h1-8H. The van der Waals surface area contributed by atoms with Crippen molar-refractivity contribution in [1.82, 2.24) is 0 Å². The van der Waals surface area contributed by atoms with Gasteiger partial charge >= 0.3 is 6.18 Å². The fourth-order valence-corrected chi connectivity index (χ4v) is 4.68. The minimum Gasteiger partial charge on any atom is -0.207 e. The van der Waals surface area contributed by atoms with Crippen LogP contribution in [0.3, 0.4) is 0 Å². The van der Waals surface area contributed by atoms with E-state index in [1.807, 2.05) is 12.1 Å². The monoisotopic (exact) mass is 464 g/mol. The minimum absolute atomic E-state index is 0.0332. The zero-order chi connectivity index (χ0) is 25.1. The Morgan fingerprint density at radius 3 is 1.46 bits per heavy atom. The molecule has 0 aromatic heterocycles. The predicted molar refractivity (Wildman–Crippen MR) is 117 cm³/mol. The summed E-state index contributed by atoms with van der Waals surface area (Å²) in [6.45, 7) is 0.